The second-order valence-corrected chi connectivity index (χ2v) is 8.20. The highest BCUT2D eigenvalue weighted by atomic mass is 16.3. The third-order valence-electron chi connectivity index (χ3n) is 5.34. The summed E-state index contributed by atoms with van der Waals surface area (Å²) in [6, 6.07) is 11.9. The molecule has 1 aliphatic carbocycles. The van der Waals surface area contributed by atoms with E-state index in [1.807, 2.05) is 41.8 Å². The number of amides is 1. The third kappa shape index (κ3) is 3.64. The van der Waals surface area contributed by atoms with Crippen LogP contribution in [-0.4, -0.2) is 25.5 Å². The summed E-state index contributed by atoms with van der Waals surface area (Å²) in [5.41, 5.74) is 3.15. The second kappa shape index (κ2) is 7.02. The molecule has 0 bridgehead atoms. The number of pyridine rings is 1. The summed E-state index contributed by atoms with van der Waals surface area (Å²) in [5.74, 6) is 0.444. The van der Waals surface area contributed by atoms with E-state index in [9.17, 15) is 9.90 Å². The quantitative estimate of drug-likeness (QED) is 0.706. The van der Waals surface area contributed by atoms with Crippen molar-refractivity contribution in [1.29, 1.82) is 0 Å². The predicted octanol–water partition coefficient (Wildman–Crippen LogP) is 3.87. The molecule has 6 heteroatoms. The number of anilines is 1. The van der Waals surface area contributed by atoms with E-state index in [1.165, 1.54) is 5.56 Å². The first kappa shape index (κ1) is 18.6. The summed E-state index contributed by atoms with van der Waals surface area (Å²) in [5, 5.41) is 13.3. The molecule has 0 unspecified atom stereocenters. The lowest BCUT2D eigenvalue weighted by atomic mass is 9.93. The van der Waals surface area contributed by atoms with Crippen LogP contribution < -0.4 is 5.32 Å². The highest BCUT2D eigenvalue weighted by molar-refractivity contribution is 5.92. The summed E-state index contributed by atoms with van der Waals surface area (Å²) in [6.07, 6.45) is 3.55. The molecule has 1 aliphatic rings. The van der Waals surface area contributed by atoms with Crippen molar-refractivity contribution in [1.82, 2.24) is 14.5 Å². The molecule has 6 nitrogen and oxygen atoms in total. The third-order valence-corrected chi connectivity index (χ3v) is 5.34. The van der Waals surface area contributed by atoms with Crippen molar-refractivity contribution >= 4 is 23.0 Å². The van der Waals surface area contributed by atoms with Crippen LogP contribution in [0.25, 0.3) is 11.2 Å². The van der Waals surface area contributed by atoms with Crippen molar-refractivity contribution in [3.63, 3.8) is 0 Å². The molecule has 0 saturated heterocycles. The van der Waals surface area contributed by atoms with Crippen molar-refractivity contribution in [2.24, 2.45) is 0 Å². The molecular formula is C22H26N4O2. The smallest absolute Gasteiger partial charge is 0.231 e. The SMILES string of the molecule is Cc1ccc(CC(=O)Nc2nc3ccc(C(C)(C)O)nc3n2C2CCC2)cc1. The van der Waals surface area contributed by atoms with Crippen LogP contribution in [-0.2, 0) is 16.8 Å². The van der Waals surface area contributed by atoms with Crippen LogP contribution in [0.5, 0.6) is 0 Å². The minimum absolute atomic E-state index is 0.0950. The van der Waals surface area contributed by atoms with Crippen LogP contribution >= 0.6 is 0 Å². The highest BCUT2D eigenvalue weighted by Crippen LogP contribution is 2.37. The first-order chi connectivity index (χ1) is 13.3. The molecule has 1 amide bonds. The Kier molecular flexibility index (Phi) is 4.67. The maximum atomic E-state index is 12.6. The van der Waals surface area contributed by atoms with E-state index < -0.39 is 5.60 Å². The van der Waals surface area contributed by atoms with E-state index in [0.717, 1.165) is 36.0 Å². The molecule has 1 saturated carbocycles. The topological polar surface area (TPSA) is 80.0 Å². The van der Waals surface area contributed by atoms with Gasteiger partial charge in [-0.25, -0.2) is 9.97 Å². The Morgan fingerprint density at radius 2 is 1.89 bits per heavy atom. The standard InChI is InChI=1S/C22H26N4O2/c1-14-7-9-15(10-8-14)13-19(27)25-21-23-17-11-12-18(22(2,3)28)24-20(17)26(21)16-5-4-6-16/h7-12,16,28H,4-6,13H2,1-3H3,(H,23,25,27). The Labute approximate surface area is 164 Å². The van der Waals surface area contributed by atoms with Crippen LogP contribution in [0.2, 0.25) is 0 Å². The highest BCUT2D eigenvalue weighted by Gasteiger charge is 2.27. The Hall–Kier alpha value is -2.73. The monoisotopic (exact) mass is 378 g/mol. The molecule has 2 heterocycles. The zero-order valence-corrected chi connectivity index (χ0v) is 16.6. The lowest BCUT2D eigenvalue weighted by molar-refractivity contribution is -0.115. The van der Waals surface area contributed by atoms with Gasteiger partial charge in [0.1, 0.15) is 11.1 Å². The van der Waals surface area contributed by atoms with Gasteiger partial charge in [0.2, 0.25) is 11.9 Å². The number of rotatable bonds is 5. The fourth-order valence-electron chi connectivity index (χ4n) is 3.45. The van der Waals surface area contributed by atoms with Gasteiger partial charge in [-0.05, 0) is 57.7 Å². The maximum Gasteiger partial charge on any atom is 0.231 e. The number of nitrogens with one attached hydrogen (secondary N) is 1. The molecule has 28 heavy (non-hydrogen) atoms. The largest absolute Gasteiger partial charge is 0.384 e. The summed E-state index contributed by atoms with van der Waals surface area (Å²) in [6.45, 7) is 5.46. The van der Waals surface area contributed by atoms with E-state index in [0.29, 0.717) is 18.1 Å². The number of hydrogen-bond donors (Lipinski definition) is 2. The first-order valence-electron chi connectivity index (χ1n) is 9.78. The van der Waals surface area contributed by atoms with E-state index in [-0.39, 0.29) is 11.9 Å². The van der Waals surface area contributed by atoms with Crippen molar-refractivity contribution in [2.75, 3.05) is 5.32 Å². The van der Waals surface area contributed by atoms with Gasteiger partial charge in [-0.15, -0.1) is 0 Å². The summed E-state index contributed by atoms with van der Waals surface area (Å²) < 4.78 is 2.03. The van der Waals surface area contributed by atoms with E-state index in [1.54, 1.807) is 19.9 Å². The maximum absolute atomic E-state index is 12.6. The van der Waals surface area contributed by atoms with Gasteiger partial charge < -0.3 is 5.11 Å². The first-order valence-corrected chi connectivity index (χ1v) is 9.78. The van der Waals surface area contributed by atoms with Crippen molar-refractivity contribution in [2.45, 2.75) is 58.1 Å². The predicted molar refractivity (Wildman–Crippen MR) is 109 cm³/mol. The second-order valence-electron chi connectivity index (χ2n) is 8.20. The number of hydrogen-bond acceptors (Lipinski definition) is 4. The van der Waals surface area contributed by atoms with Gasteiger partial charge in [-0.2, -0.15) is 0 Å². The average molecular weight is 378 g/mol. The van der Waals surface area contributed by atoms with Gasteiger partial charge in [-0.1, -0.05) is 29.8 Å². The normalized spacial score (nSPS) is 14.9. The van der Waals surface area contributed by atoms with Gasteiger partial charge in [0.25, 0.3) is 0 Å². The fraction of sp³-hybridized carbons (Fsp3) is 0.409. The molecule has 3 aromatic rings. The number of fused-ring (bicyclic) bond motifs is 1. The van der Waals surface area contributed by atoms with Crippen molar-refractivity contribution in [3.8, 4) is 0 Å². The number of imidazole rings is 1. The van der Waals surface area contributed by atoms with E-state index >= 15 is 0 Å². The van der Waals surface area contributed by atoms with Crippen molar-refractivity contribution in [3.05, 3.63) is 53.2 Å². The molecule has 0 spiro atoms. The van der Waals surface area contributed by atoms with Crippen LogP contribution in [0.1, 0.15) is 56.0 Å². The van der Waals surface area contributed by atoms with Gasteiger partial charge in [0.05, 0.1) is 12.1 Å². The molecule has 1 fully saturated rings. The number of nitrogens with zero attached hydrogens (tertiary/aromatic N) is 3. The molecule has 1 aromatic carbocycles. The van der Waals surface area contributed by atoms with Gasteiger partial charge in [0, 0.05) is 6.04 Å². The number of aryl methyl sites for hydroxylation is 1. The lowest BCUT2D eigenvalue weighted by Gasteiger charge is -2.28. The number of benzene rings is 1. The van der Waals surface area contributed by atoms with E-state index in [2.05, 4.69) is 15.3 Å². The van der Waals surface area contributed by atoms with Crippen LogP contribution in [0, 0.1) is 6.92 Å². The Morgan fingerprint density at radius 3 is 2.50 bits per heavy atom. The number of aromatic nitrogens is 3. The Balaban J connectivity index is 1.65. The lowest BCUT2D eigenvalue weighted by Crippen LogP contribution is -2.24. The van der Waals surface area contributed by atoms with Crippen LogP contribution in [0.15, 0.2) is 36.4 Å². The number of carbonyl (C=O) groups excluding carboxylic acids is 1. The summed E-state index contributed by atoms with van der Waals surface area (Å²) in [7, 11) is 0. The zero-order valence-electron chi connectivity index (χ0n) is 16.6. The number of aliphatic hydroxyl groups is 1. The Bertz CT molecular complexity index is 1010. The molecule has 2 aromatic heterocycles. The van der Waals surface area contributed by atoms with E-state index in [4.69, 9.17) is 0 Å². The van der Waals surface area contributed by atoms with Crippen LogP contribution in [0.3, 0.4) is 0 Å². The van der Waals surface area contributed by atoms with Gasteiger partial charge in [-0.3, -0.25) is 14.7 Å². The molecule has 4 rings (SSSR count). The molecule has 2 N–H and O–H groups in total. The minimum Gasteiger partial charge on any atom is -0.384 e. The Morgan fingerprint density at radius 1 is 1.18 bits per heavy atom. The summed E-state index contributed by atoms with van der Waals surface area (Å²) in [4.78, 5) is 21.9. The molecule has 0 atom stereocenters. The van der Waals surface area contributed by atoms with Gasteiger partial charge in [0.15, 0.2) is 5.65 Å². The molecule has 146 valence electrons. The average Bonchev–Trinajstić information content (AvgIpc) is 2.92. The molecular weight excluding hydrogens is 352 g/mol. The molecule has 0 radical (unpaired) electrons. The van der Waals surface area contributed by atoms with Crippen LogP contribution in [0.4, 0.5) is 5.95 Å². The number of carbonyl (C=O) groups is 1. The van der Waals surface area contributed by atoms with Crippen molar-refractivity contribution < 1.29 is 9.90 Å². The zero-order chi connectivity index (χ0) is 19.9. The molecule has 0 aliphatic heterocycles. The summed E-state index contributed by atoms with van der Waals surface area (Å²) >= 11 is 0. The fourth-order valence-corrected chi connectivity index (χ4v) is 3.45. The minimum atomic E-state index is -1.03. The van der Waals surface area contributed by atoms with Gasteiger partial charge >= 0.3 is 0 Å².